The molecule has 0 aliphatic carbocycles. The Hall–Kier alpha value is -1.29. The third-order valence-electron chi connectivity index (χ3n) is 1.89. The van der Waals surface area contributed by atoms with Crippen molar-refractivity contribution in [3.05, 3.63) is 22.5 Å². The van der Waals surface area contributed by atoms with E-state index >= 15 is 0 Å². The van der Waals surface area contributed by atoms with Crippen molar-refractivity contribution >= 4 is 17.5 Å². The highest BCUT2D eigenvalue weighted by Crippen LogP contribution is 2.27. The minimum Gasteiger partial charge on any atom is -0.496 e. The lowest BCUT2D eigenvalue weighted by Gasteiger charge is -2.04. The molecule has 0 radical (unpaired) electrons. The number of nitrogens with zero attached hydrogens (tertiary/aromatic N) is 1. The van der Waals surface area contributed by atoms with Crippen molar-refractivity contribution < 1.29 is 9.53 Å². The number of halogens is 1. The maximum absolute atomic E-state index is 11.3. The number of rotatable bonds is 1. The number of pyridine rings is 1. The third kappa shape index (κ3) is 1.23. The fraction of sp³-hybridized carbons (Fsp3) is 0.250. The molecule has 4 nitrogen and oxygen atoms in total. The number of aromatic nitrogens is 1. The summed E-state index contributed by atoms with van der Waals surface area (Å²) in [4.78, 5) is 15.3. The van der Waals surface area contributed by atoms with Gasteiger partial charge in [-0.1, -0.05) is 11.6 Å². The van der Waals surface area contributed by atoms with Crippen LogP contribution in [0.15, 0.2) is 6.07 Å². The van der Waals surface area contributed by atoms with Gasteiger partial charge in [-0.15, -0.1) is 0 Å². The van der Waals surface area contributed by atoms with E-state index in [1.54, 1.807) is 0 Å². The summed E-state index contributed by atoms with van der Waals surface area (Å²) in [6.07, 6.45) is 0. The lowest BCUT2D eigenvalue weighted by Crippen LogP contribution is -2.13. The van der Waals surface area contributed by atoms with Gasteiger partial charge in [-0.25, -0.2) is 4.98 Å². The number of carbonyl (C=O) groups is 1. The molecule has 1 amide bonds. The standard InChI is InChI=1S/C8H7ClN2O2/c1-13-5-2-6(9)11-4-3-10-8(12)7(4)5/h2H,3H2,1H3,(H,10,12). The Kier molecular flexibility index (Phi) is 1.84. The molecule has 13 heavy (non-hydrogen) atoms. The van der Waals surface area contributed by atoms with Crippen molar-refractivity contribution in [1.82, 2.24) is 10.3 Å². The highest BCUT2D eigenvalue weighted by Gasteiger charge is 2.25. The second-order valence-electron chi connectivity index (χ2n) is 2.65. The predicted octanol–water partition coefficient (Wildman–Crippen LogP) is 0.987. The molecular formula is C8H7ClN2O2. The van der Waals surface area contributed by atoms with Crippen LogP contribution in [0.2, 0.25) is 5.15 Å². The van der Waals surface area contributed by atoms with Gasteiger partial charge in [-0.3, -0.25) is 4.79 Å². The zero-order valence-corrected chi connectivity index (χ0v) is 7.68. The highest BCUT2D eigenvalue weighted by molar-refractivity contribution is 6.29. The second kappa shape index (κ2) is 2.88. The highest BCUT2D eigenvalue weighted by atomic mass is 35.5. The summed E-state index contributed by atoms with van der Waals surface area (Å²) in [6.45, 7) is 0.422. The first-order chi connectivity index (χ1) is 6.22. The number of methoxy groups -OCH3 is 1. The van der Waals surface area contributed by atoms with Crippen molar-refractivity contribution in [3.8, 4) is 5.75 Å². The fourth-order valence-electron chi connectivity index (χ4n) is 1.32. The Balaban J connectivity index is 2.64. The number of nitrogens with one attached hydrogen (secondary N) is 1. The predicted molar refractivity (Wildman–Crippen MR) is 47.0 cm³/mol. The summed E-state index contributed by atoms with van der Waals surface area (Å²) in [5.41, 5.74) is 1.14. The fourth-order valence-corrected chi connectivity index (χ4v) is 1.53. The molecule has 1 N–H and O–H groups in total. The minimum atomic E-state index is -0.156. The SMILES string of the molecule is COc1cc(Cl)nc2c1C(=O)NC2. The van der Waals surface area contributed by atoms with Crippen molar-refractivity contribution in [1.29, 1.82) is 0 Å². The van der Waals surface area contributed by atoms with Crippen LogP contribution >= 0.6 is 11.6 Å². The first kappa shape index (κ1) is 8.31. The summed E-state index contributed by atoms with van der Waals surface area (Å²) >= 11 is 5.72. The van der Waals surface area contributed by atoms with Crippen molar-refractivity contribution in [2.75, 3.05) is 7.11 Å². The van der Waals surface area contributed by atoms with Gasteiger partial charge in [0.25, 0.3) is 5.91 Å². The van der Waals surface area contributed by atoms with Crippen LogP contribution in [0, 0.1) is 0 Å². The Morgan fingerprint density at radius 3 is 3.15 bits per heavy atom. The first-order valence-corrected chi connectivity index (χ1v) is 4.12. The molecule has 0 spiro atoms. The van der Waals surface area contributed by atoms with Crippen LogP contribution in [0.4, 0.5) is 0 Å². The number of amides is 1. The molecule has 0 saturated heterocycles. The van der Waals surface area contributed by atoms with Crippen molar-refractivity contribution in [2.24, 2.45) is 0 Å². The van der Waals surface area contributed by atoms with Crippen LogP contribution in [-0.4, -0.2) is 18.0 Å². The van der Waals surface area contributed by atoms with Gasteiger partial charge in [0.1, 0.15) is 16.5 Å². The van der Waals surface area contributed by atoms with E-state index in [-0.39, 0.29) is 5.91 Å². The average Bonchev–Trinajstić information content (AvgIpc) is 2.46. The zero-order valence-electron chi connectivity index (χ0n) is 6.93. The Morgan fingerprint density at radius 1 is 1.69 bits per heavy atom. The van der Waals surface area contributed by atoms with E-state index in [1.165, 1.54) is 13.2 Å². The van der Waals surface area contributed by atoms with Gasteiger partial charge >= 0.3 is 0 Å². The normalized spacial score (nSPS) is 13.8. The first-order valence-electron chi connectivity index (χ1n) is 3.74. The van der Waals surface area contributed by atoms with Crippen molar-refractivity contribution in [3.63, 3.8) is 0 Å². The molecule has 0 atom stereocenters. The minimum absolute atomic E-state index is 0.156. The molecule has 2 heterocycles. The van der Waals surface area contributed by atoms with Crippen molar-refractivity contribution in [2.45, 2.75) is 6.54 Å². The van der Waals surface area contributed by atoms with E-state index in [4.69, 9.17) is 16.3 Å². The lowest BCUT2D eigenvalue weighted by atomic mass is 10.2. The number of fused-ring (bicyclic) bond motifs is 1. The van der Waals surface area contributed by atoms with Crippen LogP contribution in [0.1, 0.15) is 16.1 Å². The van der Waals surface area contributed by atoms with E-state index < -0.39 is 0 Å². The summed E-state index contributed by atoms with van der Waals surface area (Å²) < 4.78 is 5.02. The summed E-state index contributed by atoms with van der Waals surface area (Å²) in [6, 6.07) is 1.53. The van der Waals surface area contributed by atoms with Crippen LogP contribution in [-0.2, 0) is 6.54 Å². The van der Waals surface area contributed by atoms with E-state index in [0.29, 0.717) is 28.7 Å². The van der Waals surface area contributed by atoms with Gasteiger partial charge in [0.15, 0.2) is 0 Å². The van der Waals surface area contributed by atoms with Gasteiger partial charge in [0, 0.05) is 6.07 Å². The smallest absolute Gasteiger partial charge is 0.257 e. The van der Waals surface area contributed by atoms with E-state index in [9.17, 15) is 4.79 Å². The molecule has 1 aliphatic rings. The average molecular weight is 199 g/mol. The van der Waals surface area contributed by atoms with Gasteiger partial charge < -0.3 is 10.1 Å². The molecule has 2 rings (SSSR count). The topological polar surface area (TPSA) is 51.2 Å². The Labute approximate surface area is 79.9 Å². The van der Waals surface area contributed by atoms with Gasteiger partial charge in [0.2, 0.25) is 0 Å². The summed E-state index contributed by atoms with van der Waals surface area (Å²) in [7, 11) is 1.50. The van der Waals surface area contributed by atoms with E-state index in [1.807, 2.05) is 0 Å². The quantitative estimate of drug-likeness (QED) is 0.685. The van der Waals surface area contributed by atoms with Crippen LogP contribution in [0.3, 0.4) is 0 Å². The largest absolute Gasteiger partial charge is 0.496 e. The van der Waals surface area contributed by atoms with E-state index in [0.717, 1.165) is 0 Å². The Bertz CT molecular complexity index is 379. The molecule has 0 bridgehead atoms. The van der Waals surface area contributed by atoms with Gasteiger partial charge in [0.05, 0.1) is 19.3 Å². The molecular weight excluding hydrogens is 192 g/mol. The zero-order chi connectivity index (χ0) is 9.42. The number of ether oxygens (including phenoxy) is 1. The third-order valence-corrected chi connectivity index (χ3v) is 2.08. The van der Waals surface area contributed by atoms with E-state index in [2.05, 4.69) is 10.3 Å². The number of hydrogen-bond acceptors (Lipinski definition) is 3. The number of hydrogen-bond donors (Lipinski definition) is 1. The van der Waals surface area contributed by atoms with Gasteiger partial charge in [-0.2, -0.15) is 0 Å². The second-order valence-corrected chi connectivity index (χ2v) is 3.04. The molecule has 0 saturated carbocycles. The van der Waals surface area contributed by atoms with Crippen LogP contribution in [0.5, 0.6) is 5.75 Å². The maximum Gasteiger partial charge on any atom is 0.257 e. The van der Waals surface area contributed by atoms with Gasteiger partial charge in [-0.05, 0) is 0 Å². The van der Waals surface area contributed by atoms with Crippen LogP contribution in [0.25, 0.3) is 0 Å². The van der Waals surface area contributed by atoms with Crippen LogP contribution < -0.4 is 10.1 Å². The molecule has 5 heteroatoms. The molecule has 68 valence electrons. The molecule has 0 aromatic carbocycles. The molecule has 1 aromatic rings. The number of carbonyl (C=O) groups excluding carboxylic acids is 1. The molecule has 1 aliphatic heterocycles. The Morgan fingerprint density at radius 2 is 2.46 bits per heavy atom. The molecule has 0 unspecified atom stereocenters. The summed E-state index contributed by atoms with van der Waals surface area (Å²) in [5, 5.41) is 2.99. The lowest BCUT2D eigenvalue weighted by molar-refractivity contribution is 0.0963. The maximum atomic E-state index is 11.3. The monoisotopic (exact) mass is 198 g/mol. The summed E-state index contributed by atoms with van der Waals surface area (Å²) in [5.74, 6) is 0.320. The molecule has 1 aromatic heterocycles. The molecule has 0 fully saturated rings.